The van der Waals surface area contributed by atoms with Crippen LogP contribution < -0.4 is 10.9 Å². The van der Waals surface area contributed by atoms with Gasteiger partial charge in [0.05, 0.1) is 16.7 Å². The van der Waals surface area contributed by atoms with E-state index in [9.17, 15) is 9.90 Å². The average Bonchev–Trinajstić information content (AvgIpc) is 2.73. The molecule has 0 amide bonds. The molecule has 0 atom stereocenters. The highest BCUT2D eigenvalue weighted by Crippen LogP contribution is 2.33. The Bertz CT molecular complexity index is 839. The molecule has 3 N–H and O–H groups in total. The maximum absolute atomic E-state index is 12.5. The molecule has 0 saturated heterocycles. The lowest BCUT2D eigenvalue weighted by Gasteiger charge is -2.26. The summed E-state index contributed by atoms with van der Waals surface area (Å²) in [6, 6.07) is 6.46. The highest BCUT2D eigenvalue weighted by Gasteiger charge is 2.21. The number of rotatable bonds is 6. The highest BCUT2D eigenvalue weighted by molar-refractivity contribution is 7.99. The predicted octanol–water partition coefficient (Wildman–Crippen LogP) is 4.45. The summed E-state index contributed by atoms with van der Waals surface area (Å²) in [4.78, 5) is 20.2. The van der Waals surface area contributed by atoms with Crippen molar-refractivity contribution in [3.8, 4) is 0 Å². The molecular weight excluding hydrogens is 370 g/mol. The van der Waals surface area contributed by atoms with Gasteiger partial charge in [-0.15, -0.1) is 0 Å². The molecular formula is C22H31N3O2S. The Kier molecular flexibility index (Phi) is 6.58. The van der Waals surface area contributed by atoms with E-state index in [2.05, 4.69) is 10.3 Å². The Labute approximate surface area is 170 Å². The third-order valence-electron chi connectivity index (χ3n) is 6.24. The second-order valence-electron chi connectivity index (χ2n) is 8.36. The van der Waals surface area contributed by atoms with E-state index in [0.717, 1.165) is 48.5 Å². The van der Waals surface area contributed by atoms with E-state index < -0.39 is 0 Å². The van der Waals surface area contributed by atoms with E-state index in [-0.39, 0.29) is 5.56 Å². The average molecular weight is 402 g/mol. The van der Waals surface area contributed by atoms with Crippen molar-refractivity contribution < 1.29 is 5.11 Å². The van der Waals surface area contributed by atoms with Gasteiger partial charge in [0.1, 0.15) is 5.82 Å². The number of fused-ring (bicyclic) bond motifs is 1. The number of aliphatic hydroxyl groups excluding tert-OH is 1. The fraction of sp³-hybridized carbons (Fsp3) is 0.636. The van der Waals surface area contributed by atoms with Crippen molar-refractivity contribution in [1.82, 2.24) is 9.97 Å². The molecule has 28 heavy (non-hydrogen) atoms. The van der Waals surface area contributed by atoms with Crippen LogP contribution in [0.4, 0.5) is 5.69 Å². The standard InChI is InChI=1S/C22H31N3O2S/c26-13-15-6-9-18(10-7-15)28-14-21-24-20-12-17(8-11-19(20)22(27)25-21)23-16-4-2-1-3-5-16/h8,11-12,15-16,18,23,26H,1-7,9-10,13-14H2,(H,24,25,27)/t15-,18+. The summed E-state index contributed by atoms with van der Waals surface area (Å²) in [6.45, 7) is 0.314. The number of hydrogen-bond donors (Lipinski definition) is 3. The second kappa shape index (κ2) is 9.31. The number of anilines is 1. The molecule has 2 saturated carbocycles. The van der Waals surface area contributed by atoms with E-state index in [0.29, 0.717) is 29.2 Å². The van der Waals surface area contributed by atoms with Crippen LogP contribution in [-0.2, 0) is 5.75 Å². The molecule has 0 spiro atoms. The number of H-pyrrole nitrogens is 1. The number of aromatic nitrogens is 2. The lowest BCUT2D eigenvalue weighted by Crippen LogP contribution is -2.22. The number of benzene rings is 1. The van der Waals surface area contributed by atoms with Gasteiger partial charge in [0.25, 0.3) is 5.56 Å². The van der Waals surface area contributed by atoms with E-state index >= 15 is 0 Å². The van der Waals surface area contributed by atoms with E-state index in [1.165, 1.54) is 32.1 Å². The minimum atomic E-state index is -0.0474. The van der Waals surface area contributed by atoms with Gasteiger partial charge in [0, 0.05) is 23.6 Å². The summed E-state index contributed by atoms with van der Waals surface area (Å²) in [5, 5.41) is 14.2. The van der Waals surface area contributed by atoms with Gasteiger partial charge in [0.15, 0.2) is 0 Å². The van der Waals surface area contributed by atoms with Gasteiger partial charge in [-0.1, -0.05) is 19.3 Å². The van der Waals surface area contributed by atoms with Crippen molar-refractivity contribution in [1.29, 1.82) is 0 Å². The molecule has 2 aliphatic rings. The molecule has 5 nitrogen and oxygen atoms in total. The molecule has 0 unspecified atom stereocenters. The Hall–Kier alpha value is -1.53. The Morgan fingerprint density at radius 1 is 1.11 bits per heavy atom. The maximum Gasteiger partial charge on any atom is 0.258 e. The maximum atomic E-state index is 12.5. The van der Waals surface area contributed by atoms with Gasteiger partial charge in [-0.2, -0.15) is 11.8 Å². The molecule has 2 aromatic rings. The first-order valence-electron chi connectivity index (χ1n) is 10.7. The minimum Gasteiger partial charge on any atom is -0.396 e. The van der Waals surface area contributed by atoms with E-state index in [1.807, 2.05) is 30.0 Å². The van der Waals surface area contributed by atoms with Crippen molar-refractivity contribution in [3.05, 3.63) is 34.4 Å². The van der Waals surface area contributed by atoms with Gasteiger partial charge in [-0.25, -0.2) is 4.98 Å². The SMILES string of the molecule is O=c1[nH]c(CS[C@H]2CC[C@@H](CO)CC2)nc2cc(NC3CCCCC3)ccc12. The largest absolute Gasteiger partial charge is 0.396 e. The van der Waals surface area contributed by atoms with Crippen molar-refractivity contribution in [3.63, 3.8) is 0 Å². The van der Waals surface area contributed by atoms with Crippen molar-refractivity contribution in [2.45, 2.75) is 74.8 Å². The van der Waals surface area contributed by atoms with Gasteiger partial charge < -0.3 is 15.4 Å². The van der Waals surface area contributed by atoms with Crippen LogP contribution in [0.5, 0.6) is 0 Å². The molecule has 2 aliphatic carbocycles. The summed E-state index contributed by atoms with van der Waals surface area (Å²) in [7, 11) is 0. The summed E-state index contributed by atoms with van der Waals surface area (Å²) >= 11 is 1.88. The molecule has 0 bridgehead atoms. The van der Waals surface area contributed by atoms with Gasteiger partial charge >= 0.3 is 0 Å². The third kappa shape index (κ3) is 4.90. The monoisotopic (exact) mass is 401 g/mol. The first-order valence-corrected chi connectivity index (χ1v) is 11.8. The Morgan fingerprint density at radius 3 is 2.64 bits per heavy atom. The fourth-order valence-corrected chi connectivity index (χ4v) is 5.64. The number of hydrogen-bond acceptors (Lipinski definition) is 5. The number of aromatic amines is 1. The lowest BCUT2D eigenvalue weighted by molar-refractivity contribution is 0.192. The second-order valence-corrected chi connectivity index (χ2v) is 9.65. The van der Waals surface area contributed by atoms with Gasteiger partial charge in [0.2, 0.25) is 0 Å². The smallest absolute Gasteiger partial charge is 0.258 e. The van der Waals surface area contributed by atoms with Gasteiger partial charge in [-0.3, -0.25) is 4.79 Å². The van der Waals surface area contributed by atoms with Crippen LogP contribution in [-0.4, -0.2) is 33.0 Å². The zero-order valence-electron chi connectivity index (χ0n) is 16.5. The topological polar surface area (TPSA) is 78.0 Å². The summed E-state index contributed by atoms with van der Waals surface area (Å²) in [5.74, 6) is 1.98. The predicted molar refractivity (Wildman–Crippen MR) is 117 cm³/mol. The Morgan fingerprint density at radius 2 is 1.89 bits per heavy atom. The van der Waals surface area contributed by atoms with Crippen LogP contribution >= 0.6 is 11.8 Å². The molecule has 1 heterocycles. The zero-order chi connectivity index (χ0) is 19.3. The molecule has 0 aliphatic heterocycles. The molecule has 0 radical (unpaired) electrons. The van der Waals surface area contributed by atoms with Crippen molar-refractivity contribution >= 4 is 28.4 Å². The number of nitrogens with zero attached hydrogens (tertiary/aromatic N) is 1. The molecule has 6 heteroatoms. The number of aliphatic hydroxyl groups is 1. The minimum absolute atomic E-state index is 0.0474. The summed E-state index contributed by atoms with van der Waals surface area (Å²) < 4.78 is 0. The molecule has 152 valence electrons. The van der Waals surface area contributed by atoms with Crippen LogP contribution in [0.2, 0.25) is 0 Å². The summed E-state index contributed by atoms with van der Waals surface area (Å²) in [5.41, 5.74) is 1.80. The van der Waals surface area contributed by atoms with Crippen molar-refractivity contribution in [2.75, 3.05) is 11.9 Å². The van der Waals surface area contributed by atoms with Crippen molar-refractivity contribution in [2.24, 2.45) is 5.92 Å². The molecule has 4 rings (SSSR count). The normalized spacial score (nSPS) is 23.8. The summed E-state index contributed by atoms with van der Waals surface area (Å²) in [6.07, 6.45) is 10.9. The van der Waals surface area contributed by atoms with Crippen LogP contribution in [0.3, 0.4) is 0 Å². The van der Waals surface area contributed by atoms with Crippen LogP contribution in [0.1, 0.15) is 63.6 Å². The lowest BCUT2D eigenvalue weighted by atomic mass is 9.90. The van der Waals surface area contributed by atoms with Gasteiger partial charge in [-0.05, 0) is 62.6 Å². The van der Waals surface area contributed by atoms with E-state index in [4.69, 9.17) is 4.98 Å². The number of nitrogens with one attached hydrogen (secondary N) is 2. The third-order valence-corrected chi connectivity index (χ3v) is 7.62. The first-order chi connectivity index (χ1) is 13.7. The molecule has 2 fully saturated rings. The highest BCUT2D eigenvalue weighted by atomic mass is 32.2. The molecule has 1 aromatic carbocycles. The van der Waals surface area contributed by atoms with Crippen LogP contribution in [0.15, 0.2) is 23.0 Å². The zero-order valence-corrected chi connectivity index (χ0v) is 17.3. The quantitative estimate of drug-likeness (QED) is 0.666. The van der Waals surface area contributed by atoms with E-state index in [1.54, 1.807) is 0 Å². The van der Waals surface area contributed by atoms with Crippen LogP contribution in [0, 0.1) is 5.92 Å². The fourth-order valence-electron chi connectivity index (χ4n) is 4.51. The van der Waals surface area contributed by atoms with Crippen LogP contribution in [0.25, 0.3) is 10.9 Å². The molecule has 1 aromatic heterocycles. The Balaban J connectivity index is 1.43. The number of thioether (sulfide) groups is 1. The first kappa shape index (κ1) is 19.8.